The monoisotopic (exact) mass is 295 g/mol. The number of ether oxygens (including phenoxy) is 1. The van der Waals surface area contributed by atoms with Crippen LogP contribution in [-0.2, 0) is 9.53 Å². The highest BCUT2D eigenvalue weighted by atomic mass is 16.5. The Hall–Kier alpha value is -1.29. The summed E-state index contributed by atoms with van der Waals surface area (Å²) in [5.41, 5.74) is 2.67. The molecule has 1 spiro atoms. The van der Waals surface area contributed by atoms with Crippen molar-refractivity contribution < 1.29 is 9.53 Å². The number of likely N-dealkylation sites (tertiary alicyclic amines) is 1. The molecule has 0 N–H and O–H groups in total. The topological polar surface area (TPSA) is 29.5 Å². The van der Waals surface area contributed by atoms with Gasteiger partial charge in [-0.2, -0.15) is 0 Å². The third-order valence-electron chi connectivity index (χ3n) is 5.80. The maximum atomic E-state index is 12.4. The molecule has 2 unspecified atom stereocenters. The van der Waals surface area contributed by atoms with E-state index in [1.54, 1.807) is 0 Å². The molecule has 1 aromatic carbocycles. The molecule has 4 heteroatoms. The van der Waals surface area contributed by atoms with Crippen molar-refractivity contribution in [1.29, 1.82) is 0 Å². The Labute approximate surface area is 133 Å². The van der Waals surface area contributed by atoms with Crippen molar-refractivity contribution in [3.63, 3.8) is 0 Å². The predicted octanol–water partition coefficient (Wildman–Crippen LogP) is 1.76. The van der Waals surface area contributed by atoms with Gasteiger partial charge in [-0.15, -0.1) is 0 Å². The van der Waals surface area contributed by atoms with Gasteiger partial charge in [0.1, 0.15) is 14.0 Å². The Balaban J connectivity index is 1.36. The summed E-state index contributed by atoms with van der Waals surface area (Å²) in [5, 5.41) is 0. The van der Waals surface area contributed by atoms with Crippen LogP contribution in [0.15, 0.2) is 24.3 Å². The molecule has 2 heterocycles. The van der Waals surface area contributed by atoms with Crippen LogP contribution in [-0.4, -0.2) is 44.5 Å². The molecular weight excluding hydrogens is 273 g/mol. The van der Waals surface area contributed by atoms with Crippen LogP contribution in [0.25, 0.3) is 0 Å². The van der Waals surface area contributed by atoms with Gasteiger partial charge < -0.3 is 9.64 Å². The van der Waals surface area contributed by atoms with E-state index in [0.717, 1.165) is 50.8 Å². The van der Waals surface area contributed by atoms with E-state index in [-0.39, 0.29) is 12.0 Å². The van der Waals surface area contributed by atoms with Crippen molar-refractivity contribution in [1.82, 2.24) is 4.90 Å². The van der Waals surface area contributed by atoms with E-state index < -0.39 is 0 Å². The molecule has 2 saturated heterocycles. The molecule has 1 aliphatic carbocycles. The molecule has 2 aliphatic heterocycles. The average molecular weight is 295 g/mol. The number of hydrogen-bond acceptors (Lipinski definition) is 2. The zero-order chi connectivity index (χ0) is 15.2. The highest BCUT2D eigenvalue weighted by Gasteiger charge is 2.55. The van der Waals surface area contributed by atoms with Crippen LogP contribution in [0.5, 0.6) is 0 Å². The summed E-state index contributed by atoms with van der Waals surface area (Å²) < 4.78 is 5.53. The molecule has 2 radical (unpaired) electrons. The number of carbonyl (C=O) groups excluding carboxylic acids is 1. The molecule has 0 bridgehead atoms. The number of carbonyl (C=O) groups is 1. The van der Waals surface area contributed by atoms with Gasteiger partial charge in [0.15, 0.2) is 0 Å². The molecule has 4 rings (SSSR count). The van der Waals surface area contributed by atoms with Crippen LogP contribution >= 0.6 is 0 Å². The van der Waals surface area contributed by atoms with Crippen molar-refractivity contribution in [2.24, 2.45) is 5.41 Å². The number of benzene rings is 1. The molecule has 3 nitrogen and oxygen atoms in total. The smallest absolute Gasteiger partial charge is 0.251 e. The minimum atomic E-state index is -0.166. The first kappa shape index (κ1) is 14.3. The largest absolute Gasteiger partial charge is 0.368 e. The van der Waals surface area contributed by atoms with E-state index in [1.807, 2.05) is 17.0 Å². The van der Waals surface area contributed by atoms with Crippen molar-refractivity contribution >= 4 is 19.2 Å². The van der Waals surface area contributed by atoms with Gasteiger partial charge in [0.2, 0.25) is 0 Å². The highest BCUT2D eigenvalue weighted by molar-refractivity contribution is 6.32. The van der Waals surface area contributed by atoms with E-state index in [9.17, 15) is 4.79 Å². The van der Waals surface area contributed by atoms with Crippen molar-refractivity contribution in [3.05, 3.63) is 29.8 Å². The van der Waals surface area contributed by atoms with Gasteiger partial charge in [-0.05, 0) is 49.0 Å². The van der Waals surface area contributed by atoms with Crippen LogP contribution in [0.3, 0.4) is 0 Å². The summed E-state index contributed by atoms with van der Waals surface area (Å²) in [7, 11) is 5.77. The second-order valence-corrected chi connectivity index (χ2v) is 7.11. The fourth-order valence-corrected chi connectivity index (χ4v) is 4.25. The fourth-order valence-electron chi connectivity index (χ4n) is 4.25. The third kappa shape index (κ3) is 2.47. The van der Waals surface area contributed by atoms with Gasteiger partial charge in [0.25, 0.3) is 5.91 Å². The van der Waals surface area contributed by atoms with Gasteiger partial charge in [-0.3, -0.25) is 4.79 Å². The number of nitrogens with zero attached hydrogens (tertiary/aromatic N) is 1. The molecular formula is C18H22BNO2. The molecule has 3 aliphatic rings. The van der Waals surface area contributed by atoms with Crippen molar-refractivity contribution in [3.8, 4) is 0 Å². The highest BCUT2D eigenvalue weighted by Crippen LogP contribution is 2.64. The van der Waals surface area contributed by atoms with Crippen LogP contribution in [0.4, 0.5) is 0 Å². The maximum absolute atomic E-state index is 12.4. The Morgan fingerprint density at radius 2 is 1.95 bits per heavy atom. The predicted molar refractivity (Wildman–Crippen MR) is 86.4 cm³/mol. The lowest BCUT2D eigenvalue weighted by Gasteiger charge is -2.34. The molecule has 1 aromatic rings. The summed E-state index contributed by atoms with van der Waals surface area (Å²) in [5.74, 6) is 0.880. The lowest BCUT2D eigenvalue weighted by Crippen LogP contribution is -2.44. The molecule has 2 atom stereocenters. The summed E-state index contributed by atoms with van der Waals surface area (Å²) in [6.45, 7) is 2.53. The minimum Gasteiger partial charge on any atom is -0.368 e. The van der Waals surface area contributed by atoms with Crippen molar-refractivity contribution in [2.75, 3.05) is 19.7 Å². The molecule has 1 saturated carbocycles. The van der Waals surface area contributed by atoms with Crippen LogP contribution < -0.4 is 5.46 Å². The first-order valence-corrected chi connectivity index (χ1v) is 8.44. The van der Waals surface area contributed by atoms with Gasteiger partial charge in [-0.25, -0.2) is 0 Å². The minimum absolute atomic E-state index is 0.166. The third-order valence-corrected chi connectivity index (χ3v) is 5.80. The summed E-state index contributed by atoms with van der Waals surface area (Å²) >= 11 is 0. The van der Waals surface area contributed by atoms with Crippen LogP contribution in [0.1, 0.15) is 43.6 Å². The van der Waals surface area contributed by atoms with E-state index in [2.05, 4.69) is 12.1 Å². The summed E-state index contributed by atoms with van der Waals surface area (Å²) in [4.78, 5) is 14.4. The molecule has 0 aromatic heterocycles. The first-order chi connectivity index (χ1) is 10.7. The molecule has 3 fully saturated rings. The fraction of sp³-hybridized carbons (Fsp3) is 0.611. The van der Waals surface area contributed by atoms with Gasteiger partial charge in [-0.1, -0.05) is 29.7 Å². The number of hydrogen-bond donors (Lipinski definition) is 0. The normalized spacial score (nSPS) is 29.7. The maximum Gasteiger partial charge on any atom is 0.251 e. The molecule has 114 valence electrons. The van der Waals surface area contributed by atoms with Crippen LogP contribution in [0, 0.1) is 5.41 Å². The van der Waals surface area contributed by atoms with Crippen LogP contribution in [0.2, 0.25) is 0 Å². The molecule has 22 heavy (non-hydrogen) atoms. The standard InChI is InChI=1S/C18H22BNO2/c19-14-5-3-13(4-6-14)15-12-18(15)7-9-20(10-8-18)17(21)16-2-1-11-22-16/h3-6,15-16H,1-2,7-12H2. The Morgan fingerprint density at radius 1 is 1.23 bits per heavy atom. The Kier molecular flexibility index (Phi) is 3.52. The lowest BCUT2D eigenvalue weighted by atomic mass is 9.87. The zero-order valence-electron chi connectivity index (χ0n) is 13.0. The Bertz CT molecular complexity index is 557. The lowest BCUT2D eigenvalue weighted by molar-refractivity contribution is -0.142. The van der Waals surface area contributed by atoms with Gasteiger partial charge in [0, 0.05) is 19.7 Å². The second-order valence-electron chi connectivity index (χ2n) is 7.11. The van der Waals surface area contributed by atoms with E-state index in [4.69, 9.17) is 12.6 Å². The summed E-state index contributed by atoms with van der Waals surface area (Å²) in [6.07, 6.45) is 5.27. The average Bonchev–Trinajstić information content (AvgIpc) is 2.99. The van der Waals surface area contributed by atoms with E-state index in [1.165, 1.54) is 12.0 Å². The van der Waals surface area contributed by atoms with Gasteiger partial charge >= 0.3 is 0 Å². The van der Waals surface area contributed by atoms with Gasteiger partial charge in [0.05, 0.1) is 0 Å². The van der Waals surface area contributed by atoms with Crippen molar-refractivity contribution in [2.45, 2.75) is 44.1 Å². The Morgan fingerprint density at radius 3 is 2.59 bits per heavy atom. The number of amides is 1. The first-order valence-electron chi connectivity index (χ1n) is 8.44. The molecule has 1 amide bonds. The number of piperidine rings is 1. The summed E-state index contributed by atoms with van der Waals surface area (Å²) in [6, 6.07) is 8.33. The van der Waals surface area contributed by atoms with E-state index >= 15 is 0 Å². The SMILES string of the molecule is [B]c1ccc(C2CC23CCN(C(=O)C2CCCO2)CC3)cc1. The zero-order valence-corrected chi connectivity index (χ0v) is 13.0. The quantitative estimate of drug-likeness (QED) is 0.778. The second kappa shape index (κ2) is 5.41. The number of rotatable bonds is 2. The van der Waals surface area contributed by atoms with E-state index in [0.29, 0.717) is 11.3 Å².